The van der Waals surface area contributed by atoms with E-state index in [0.29, 0.717) is 26.8 Å². The molecule has 1 aromatic heterocycles. The number of anilines is 3. The molecule has 7 heteroatoms. The number of amides is 1. The van der Waals surface area contributed by atoms with Gasteiger partial charge < -0.3 is 16.8 Å². The zero-order chi connectivity index (χ0) is 20.5. The smallest absolute Gasteiger partial charge is 0.255 e. The van der Waals surface area contributed by atoms with Crippen molar-refractivity contribution in [3.8, 4) is 0 Å². The Hall–Kier alpha value is -3.19. The van der Waals surface area contributed by atoms with Crippen LogP contribution >= 0.6 is 11.3 Å². The minimum atomic E-state index is -0.337. The number of carbonyl (C=O) groups is 2. The van der Waals surface area contributed by atoms with Gasteiger partial charge in [0.1, 0.15) is 0 Å². The minimum Gasteiger partial charge on any atom is -0.397 e. The van der Waals surface area contributed by atoms with E-state index in [0.717, 1.165) is 16.9 Å². The van der Waals surface area contributed by atoms with Gasteiger partial charge in [-0.1, -0.05) is 50.3 Å². The van der Waals surface area contributed by atoms with E-state index < -0.39 is 0 Å². The zero-order valence-electron chi connectivity index (χ0n) is 15.9. The van der Waals surface area contributed by atoms with E-state index in [9.17, 15) is 9.59 Å². The third-order valence-electron chi connectivity index (χ3n) is 4.34. The van der Waals surface area contributed by atoms with Gasteiger partial charge in [-0.05, 0) is 35.2 Å². The molecular formula is C21H22N4O2S. The molecule has 5 N–H and O–H groups in total. The molecule has 3 aromatic rings. The molecule has 0 aliphatic rings. The monoisotopic (exact) mass is 394 g/mol. The molecule has 28 heavy (non-hydrogen) atoms. The van der Waals surface area contributed by atoms with Gasteiger partial charge >= 0.3 is 0 Å². The summed E-state index contributed by atoms with van der Waals surface area (Å²) in [4.78, 5) is 29.8. The van der Waals surface area contributed by atoms with Crippen molar-refractivity contribution in [2.45, 2.75) is 26.2 Å². The number of carbonyl (C=O) groups excluding carboxylic acids is 2. The van der Waals surface area contributed by atoms with Gasteiger partial charge in [0.25, 0.3) is 5.91 Å². The first-order chi connectivity index (χ1) is 13.2. The maximum absolute atomic E-state index is 12.8. The molecule has 0 saturated carbocycles. The lowest BCUT2D eigenvalue weighted by Crippen LogP contribution is -2.17. The number of benzene rings is 2. The second-order valence-electron chi connectivity index (χ2n) is 7.44. The summed E-state index contributed by atoms with van der Waals surface area (Å²) in [6.07, 6.45) is 1.42. The fourth-order valence-corrected chi connectivity index (χ4v) is 3.37. The Bertz CT molecular complexity index is 1030. The third-order valence-corrected chi connectivity index (χ3v) is 5.17. The van der Waals surface area contributed by atoms with Crippen LogP contribution in [0.3, 0.4) is 0 Å². The Kier molecular flexibility index (Phi) is 5.20. The van der Waals surface area contributed by atoms with Crippen molar-refractivity contribution in [1.29, 1.82) is 0 Å². The Labute approximate surface area is 167 Å². The molecule has 3 rings (SSSR count). The standard InChI is InChI=1S/C21H22N4O2S/c1-21(2,3)13-9-7-12(8-10-13)19(27)25-17-14(5-4-6-15(17)22)18(26)16-11-24-20(23)28-16/h4-11H,22H2,1-3H3,(H2,23,24)(H,25,27). The molecule has 1 heterocycles. The summed E-state index contributed by atoms with van der Waals surface area (Å²) in [5.74, 6) is -0.629. The van der Waals surface area contributed by atoms with Gasteiger partial charge in [0, 0.05) is 11.1 Å². The lowest BCUT2D eigenvalue weighted by Gasteiger charge is -2.19. The van der Waals surface area contributed by atoms with Crippen molar-refractivity contribution in [3.63, 3.8) is 0 Å². The molecule has 144 valence electrons. The maximum Gasteiger partial charge on any atom is 0.255 e. The van der Waals surface area contributed by atoms with E-state index in [1.54, 1.807) is 30.3 Å². The Morgan fingerprint density at radius 2 is 1.71 bits per heavy atom. The van der Waals surface area contributed by atoms with E-state index in [1.807, 2.05) is 12.1 Å². The van der Waals surface area contributed by atoms with Crippen LogP contribution in [-0.2, 0) is 5.41 Å². The number of nitrogen functional groups attached to an aromatic ring is 2. The molecule has 0 aliphatic carbocycles. The molecule has 6 nitrogen and oxygen atoms in total. The van der Waals surface area contributed by atoms with Crippen molar-refractivity contribution in [3.05, 3.63) is 70.2 Å². The maximum atomic E-state index is 12.8. The number of nitrogens with one attached hydrogen (secondary N) is 1. The Morgan fingerprint density at radius 1 is 1.04 bits per heavy atom. The van der Waals surface area contributed by atoms with Crippen LogP contribution in [0.2, 0.25) is 0 Å². The topological polar surface area (TPSA) is 111 Å². The van der Waals surface area contributed by atoms with E-state index in [-0.39, 0.29) is 22.8 Å². The molecule has 0 bridgehead atoms. The molecule has 0 spiro atoms. The first-order valence-electron chi connectivity index (χ1n) is 8.73. The van der Waals surface area contributed by atoms with Crippen molar-refractivity contribution >= 4 is 39.5 Å². The van der Waals surface area contributed by atoms with Crippen LogP contribution in [0, 0.1) is 0 Å². The average molecular weight is 395 g/mol. The predicted octanol–water partition coefficient (Wildman–Crippen LogP) is 4.09. The lowest BCUT2D eigenvalue weighted by molar-refractivity contribution is 0.102. The number of para-hydroxylation sites is 1. The van der Waals surface area contributed by atoms with Gasteiger partial charge in [-0.3, -0.25) is 9.59 Å². The van der Waals surface area contributed by atoms with Crippen LogP contribution in [-0.4, -0.2) is 16.7 Å². The molecule has 1 amide bonds. The highest BCUT2D eigenvalue weighted by Crippen LogP contribution is 2.29. The Balaban J connectivity index is 1.90. The van der Waals surface area contributed by atoms with Gasteiger partial charge in [-0.15, -0.1) is 0 Å². The number of rotatable bonds is 4. The highest BCUT2D eigenvalue weighted by atomic mass is 32.1. The average Bonchev–Trinajstić information content (AvgIpc) is 3.08. The first-order valence-corrected chi connectivity index (χ1v) is 9.55. The van der Waals surface area contributed by atoms with Crippen LogP contribution in [0.15, 0.2) is 48.7 Å². The van der Waals surface area contributed by atoms with Crippen molar-refractivity contribution < 1.29 is 9.59 Å². The quantitative estimate of drug-likeness (QED) is 0.456. The van der Waals surface area contributed by atoms with E-state index >= 15 is 0 Å². The second kappa shape index (κ2) is 7.44. The number of nitrogens with zero attached hydrogens (tertiary/aromatic N) is 1. The second-order valence-corrected chi connectivity index (χ2v) is 8.51. The van der Waals surface area contributed by atoms with Crippen molar-refractivity contribution in [1.82, 2.24) is 4.98 Å². The van der Waals surface area contributed by atoms with E-state index in [4.69, 9.17) is 11.5 Å². The highest BCUT2D eigenvalue weighted by Gasteiger charge is 2.20. The van der Waals surface area contributed by atoms with Crippen LogP contribution in [0.25, 0.3) is 0 Å². The molecule has 2 aromatic carbocycles. The number of nitrogens with two attached hydrogens (primary N) is 2. The van der Waals surface area contributed by atoms with Gasteiger partial charge in [-0.25, -0.2) is 4.98 Å². The Morgan fingerprint density at radius 3 is 2.29 bits per heavy atom. The molecule has 0 saturated heterocycles. The SMILES string of the molecule is CC(C)(C)c1ccc(C(=O)Nc2c(N)cccc2C(=O)c2cnc(N)s2)cc1. The van der Waals surface area contributed by atoms with Gasteiger partial charge in [0.2, 0.25) is 5.78 Å². The van der Waals surface area contributed by atoms with Gasteiger partial charge in [-0.2, -0.15) is 0 Å². The minimum absolute atomic E-state index is 0.00492. The summed E-state index contributed by atoms with van der Waals surface area (Å²) in [6, 6.07) is 12.3. The number of hydrogen-bond donors (Lipinski definition) is 3. The number of ketones is 1. The van der Waals surface area contributed by atoms with E-state index in [1.165, 1.54) is 6.20 Å². The van der Waals surface area contributed by atoms with Crippen LogP contribution in [0.5, 0.6) is 0 Å². The summed E-state index contributed by atoms with van der Waals surface area (Å²) >= 11 is 1.09. The fraction of sp³-hybridized carbons (Fsp3) is 0.190. The van der Waals surface area contributed by atoms with Crippen LogP contribution in [0.1, 0.15) is 51.9 Å². The molecule has 0 atom stereocenters. The molecule has 0 unspecified atom stereocenters. The summed E-state index contributed by atoms with van der Waals surface area (Å²) in [7, 11) is 0. The van der Waals surface area contributed by atoms with E-state index in [2.05, 4.69) is 31.1 Å². The van der Waals surface area contributed by atoms with Crippen molar-refractivity contribution in [2.24, 2.45) is 0 Å². The summed E-state index contributed by atoms with van der Waals surface area (Å²) in [5, 5.41) is 3.08. The number of aromatic nitrogens is 1. The van der Waals surface area contributed by atoms with Crippen molar-refractivity contribution in [2.75, 3.05) is 16.8 Å². The molecule has 0 fully saturated rings. The largest absolute Gasteiger partial charge is 0.397 e. The summed E-state index contributed by atoms with van der Waals surface area (Å²) < 4.78 is 0. The third kappa shape index (κ3) is 4.04. The zero-order valence-corrected chi connectivity index (χ0v) is 16.8. The normalized spacial score (nSPS) is 11.2. The first kappa shape index (κ1) is 19.6. The molecule has 0 radical (unpaired) electrons. The summed E-state index contributed by atoms with van der Waals surface area (Å²) in [6.45, 7) is 6.32. The molecule has 0 aliphatic heterocycles. The molecular weight excluding hydrogens is 372 g/mol. The predicted molar refractivity (Wildman–Crippen MR) is 114 cm³/mol. The number of thiazole rings is 1. The van der Waals surface area contributed by atoms with Gasteiger partial charge in [0.15, 0.2) is 5.13 Å². The van der Waals surface area contributed by atoms with Gasteiger partial charge in [0.05, 0.1) is 22.4 Å². The number of hydrogen-bond acceptors (Lipinski definition) is 6. The highest BCUT2D eigenvalue weighted by molar-refractivity contribution is 7.17. The lowest BCUT2D eigenvalue weighted by atomic mass is 9.86. The van der Waals surface area contributed by atoms with Crippen LogP contribution < -0.4 is 16.8 Å². The fourth-order valence-electron chi connectivity index (χ4n) is 2.73. The summed E-state index contributed by atoms with van der Waals surface area (Å²) in [5.41, 5.74) is 14.2. The van der Waals surface area contributed by atoms with Crippen LogP contribution in [0.4, 0.5) is 16.5 Å².